The van der Waals surface area contributed by atoms with E-state index in [2.05, 4.69) is 0 Å². The summed E-state index contributed by atoms with van der Waals surface area (Å²) in [6.07, 6.45) is -0.368. The molecule has 2 aromatic carbocycles. The van der Waals surface area contributed by atoms with Gasteiger partial charge in [0.25, 0.3) is 0 Å². The van der Waals surface area contributed by atoms with E-state index in [9.17, 15) is 23.1 Å². The number of aliphatic hydroxyl groups is 1. The molecule has 3 nitrogen and oxygen atoms in total. The van der Waals surface area contributed by atoms with Crippen molar-refractivity contribution < 1.29 is 23.1 Å². The Labute approximate surface area is 131 Å². The molecule has 0 saturated carbocycles. The van der Waals surface area contributed by atoms with Gasteiger partial charge in [-0.3, -0.25) is 4.79 Å². The number of primary amides is 1. The number of carbonyl (C=O) groups excluding carboxylic acids is 1. The van der Waals surface area contributed by atoms with E-state index < -0.39 is 47.4 Å². The number of nitrogens with two attached hydrogens (primary N) is 1. The first-order chi connectivity index (χ1) is 10.9. The van der Waals surface area contributed by atoms with Crippen LogP contribution in [0.4, 0.5) is 13.2 Å². The summed E-state index contributed by atoms with van der Waals surface area (Å²) in [5.74, 6) is -5.75. The Hall–Kier alpha value is -2.34. The molecular weight excluding hydrogens is 307 g/mol. The standard InChI is InChI=1S/C17H16F3NO2/c18-11-6-15(19)13(16(20)7-11)8-12(17(21)23)14(9-22)10-4-2-1-3-5-10/h1-7,12,14,22H,8-9H2,(H2,21,23)/t12?,14-/m0/s1. The quantitative estimate of drug-likeness (QED) is 0.858. The summed E-state index contributed by atoms with van der Waals surface area (Å²) in [6, 6.07) is 9.67. The Bertz CT molecular complexity index is 668. The van der Waals surface area contributed by atoms with E-state index >= 15 is 0 Å². The number of amides is 1. The zero-order valence-corrected chi connectivity index (χ0v) is 12.2. The van der Waals surface area contributed by atoms with Gasteiger partial charge in [0.15, 0.2) is 0 Å². The first-order valence-electron chi connectivity index (χ1n) is 7.02. The van der Waals surface area contributed by atoms with Crippen LogP contribution in [0.2, 0.25) is 0 Å². The lowest BCUT2D eigenvalue weighted by atomic mass is 9.82. The number of hydrogen-bond acceptors (Lipinski definition) is 2. The molecule has 0 spiro atoms. The summed E-state index contributed by atoms with van der Waals surface area (Å²) in [4.78, 5) is 11.8. The summed E-state index contributed by atoms with van der Waals surface area (Å²) < 4.78 is 40.6. The molecule has 6 heteroatoms. The van der Waals surface area contributed by atoms with Gasteiger partial charge in [-0.1, -0.05) is 30.3 Å². The second kappa shape index (κ2) is 7.28. The smallest absolute Gasteiger partial charge is 0.221 e. The van der Waals surface area contributed by atoms with Crippen molar-refractivity contribution in [2.45, 2.75) is 12.3 Å². The largest absolute Gasteiger partial charge is 0.396 e. The van der Waals surface area contributed by atoms with Crippen LogP contribution in [-0.4, -0.2) is 17.6 Å². The highest BCUT2D eigenvalue weighted by molar-refractivity contribution is 5.78. The predicted octanol–water partition coefficient (Wildman–Crippen LogP) is 2.52. The average Bonchev–Trinajstić information content (AvgIpc) is 2.50. The molecular formula is C17H16F3NO2. The van der Waals surface area contributed by atoms with Gasteiger partial charge in [0, 0.05) is 23.6 Å². The lowest BCUT2D eigenvalue weighted by Gasteiger charge is -2.24. The maximum Gasteiger partial charge on any atom is 0.221 e. The second-order valence-corrected chi connectivity index (χ2v) is 5.26. The molecule has 0 aliphatic rings. The highest BCUT2D eigenvalue weighted by Crippen LogP contribution is 2.29. The van der Waals surface area contributed by atoms with Gasteiger partial charge in [0.2, 0.25) is 5.91 Å². The third kappa shape index (κ3) is 3.90. The molecule has 1 amide bonds. The SMILES string of the molecule is NC(=O)C(Cc1c(F)cc(F)cc1F)[C@@H](CO)c1ccccc1. The summed E-state index contributed by atoms with van der Waals surface area (Å²) in [7, 11) is 0. The fourth-order valence-electron chi connectivity index (χ4n) is 2.59. The molecule has 122 valence electrons. The third-order valence-corrected chi connectivity index (χ3v) is 3.81. The first-order valence-corrected chi connectivity index (χ1v) is 7.02. The van der Waals surface area contributed by atoms with E-state index in [4.69, 9.17) is 5.73 Å². The number of halogens is 3. The number of aliphatic hydroxyl groups excluding tert-OH is 1. The lowest BCUT2D eigenvalue weighted by Crippen LogP contribution is -2.33. The zero-order chi connectivity index (χ0) is 17.0. The van der Waals surface area contributed by atoms with Crippen molar-refractivity contribution in [2.24, 2.45) is 11.7 Å². The van der Waals surface area contributed by atoms with E-state index in [0.29, 0.717) is 17.7 Å². The number of carbonyl (C=O) groups is 1. The van der Waals surface area contributed by atoms with Crippen molar-refractivity contribution >= 4 is 5.91 Å². The highest BCUT2D eigenvalue weighted by atomic mass is 19.1. The number of hydrogen-bond donors (Lipinski definition) is 2. The van der Waals surface area contributed by atoms with Crippen LogP contribution in [0.5, 0.6) is 0 Å². The minimum Gasteiger partial charge on any atom is -0.396 e. The van der Waals surface area contributed by atoms with Gasteiger partial charge in [0.1, 0.15) is 17.5 Å². The topological polar surface area (TPSA) is 63.3 Å². The van der Waals surface area contributed by atoms with Gasteiger partial charge in [-0.2, -0.15) is 0 Å². The summed E-state index contributed by atoms with van der Waals surface area (Å²) >= 11 is 0. The summed E-state index contributed by atoms with van der Waals surface area (Å²) in [6.45, 7) is -0.415. The van der Waals surface area contributed by atoms with E-state index in [1.165, 1.54) is 0 Å². The van der Waals surface area contributed by atoms with E-state index in [0.717, 1.165) is 0 Å². The molecule has 0 bridgehead atoms. The maximum atomic E-state index is 13.8. The molecule has 0 fully saturated rings. The number of rotatable bonds is 6. The molecule has 0 aromatic heterocycles. The van der Waals surface area contributed by atoms with Crippen LogP contribution >= 0.6 is 0 Å². The van der Waals surface area contributed by atoms with Crippen LogP contribution in [0.3, 0.4) is 0 Å². The van der Waals surface area contributed by atoms with Gasteiger partial charge in [-0.05, 0) is 12.0 Å². The highest BCUT2D eigenvalue weighted by Gasteiger charge is 2.30. The lowest BCUT2D eigenvalue weighted by molar-refractivity contribution is -0.122. The van der Waals surface area contributed by atoms with Crippen LogP contribution in [0.15, 0.2) is 42.5 Å². The molecule has 2 aromatic rings. The summed E-state index contributed by atoms with van der Waals surface area (Å²) in [5.41, 5.74) is 5.56. The van der Waals surface area contributed by atoms with E-state index in [1.54, 1.807) is 30.3 Å². The Balaban J connectivity index is 2.38. The molecule has 0 saturated heterocycles. The van der Waals surface area contributed by atoms with Crippen LogP contribution in [0.25, 0.3) is 0 Å². The van der Waals surface area contributed by atoms with Gasteiger partial charge < -0.3 is 10.8 Å². The zero-order valence-electron chi connectivity index (χ0n) is 12.2. The monoisotopic (exact) mass is 323 g/mol. The molecule has 23 heavy (non-hydrogen) atoms. The van der Waals surface area contributed by atoms with Gasteiger partial charge in [0.05, 0.1) is 12.5 Å². The van der Waals surface area contributed by atoms with Crippen molar-refractivity contribution in [1.82, 2.24) is 0 Å². The molecule has 0 aliphatic carbocycles. The number of benzene rings is 2. The Morgan fingerprint density at radius 1 is 1.09 bits per heavy atom. The summed E-state index contributed by atoms with van der Waals surface area (Å²) in [5, 5.41) is 9.60. The van der Waals surface area contributed by atoms with Crippen molar-refractivity contribution in [2.75, 3.05) is 6.61 Å². The Morgan fingerprint density at radius 2 is 1.65 bits per heavy atom. The van der Waals surface area contributed by atoms with Crippen molar-refractivity contribution in [1.29, 1.82) is 0 Å². The minimum atomic E-state index is -1.08. The molecule has 2 atom stereocenters. The van der Waals surface area contributed by atoms with Gasteiger partial charge in [-0.15, -0.1) is 0 Å². The molecule has 0 radical (unpaired) electrons. The molecule has 2 rings (SSSR count). The third-order valence-electron chi connectivity index (χ3n) is 3.81. The van der Waals surface area contributed by atoms with Crippen LogP contribution in [0, 0.1) is 23.4 Å². The van der Waals surface area contributed by atoms with E-state index in [1.807, 2.05) is 0 Å². The first kappa shape index (κ1) is 17.0. The normalized spacial score (nSPS) is 13.6. The Morgan fingerprint density at radius 3 is 2.13 bits per heavy atom. The van der Waals surface area contributed by atoms with Gasteiger partial charge >= 0.3 is 0 Å². The van der Waals surface area contributed by atoms with Crippen molar-refractivity contribution in [3.8, 4) is 0 Å². The molecule has 1 unspecified atom stereocenters. The average molecular weight is 323 g/mol. The molecule has 0 heterocycles. The van der Waals surface area contributed by atoms with E-state index in [-0.39, 0.29) is 6.42 Å². The minimum absolute atomic E-state index is 0.368. The van der Waals surface area contributed by atoms with Crippen molar-refractivity contribution in [3.63, 3.8) is 0 Å². The van der Waals surface area contributed by atoms with Crippen molar-refractivity contribution in [3.05, 3.63) is 71.0 Å². The molecule has 0 aliphatic heterocycles. The van der Waals surface area contributed by atoms with Crippen LogP contribution in [-0.2, 0) is 11.2 Å². The molecule has 3 N–H and O–H groups in total. The Kier molecular flexibility index (Phi) is 5.39. The van der Waals surface area contributed by atoms with Crippen LogP contribution < -0.4 is 5.73 Å². The fourth-order valence-corrected chi connectivity index (χ4v) is 2.59. The van der Waals surface area contributed by atoms with Crippen LogP contribution in [0.1, 0.15) is 17.0 Å². The maximum absolute atomic E-state index is 13.8. The predicted molar refractivity (Wildman–Crippen MR) is 79.0 cm³/mol. The fraction of sp³-hybridized carbons (Fsp3) is 0.235. The second-order valence-electron chi connectivity index (χ2n) is 5.26. The van der Waals surface area contributed by atoms with Gasteiger partial charge in [-0.25, -0.2) is 13.2 Å².